The van der Waals surface area contributed by atoms with Gasteiger partial charge in [0.25, 0.3) is 0 Å². The maximum atomic E-state index is 11.8. The summed E-state index contributed by atoms with van der Waals surface area (Å²) in [6, 6.07) is 7.78. The number of ether oxygens (including phenoxy) is 2. The zero-order valence-electron chi connectivity index (χ0n) is 13.4. The van der Waals surface area contributed by atoms with Crippen LogP contribution in [0.25, 0.3) is 0 Å². The second kappa shape index (κ2) is 7.58. The molecule has 1 aromatic rings. The van der Waals surface area contributed by atoms with Crippen LogP contribution in [0.5, 0.6) is 5.75 Å². The van der Waals surface area contributed by atoms with E-state index in [0.29, 0.717) is 19.6 Å². The smallest absolute Gasteiger partial charge is 0.248 e. The average molecular weight is 308 g/mol. The van der Waals surface area contributed by atoms with Crippen molar-refractivity contribution in [3.05, 3.63) is 29.8 Å². The fourth-order valence-electron chi connectivity index (χ4n) is 2.76. The highest BCUT2D eigenvalue weighted by Gasteiger charge is 2.36. The van der Waals surface area contributed by atoms with Crippen LogP contribution in [-0.4, -0.2) is 73.9 Å². The van der Waals surface area contributed by atoms with E-state index in [9.17, 15) is 9.90 Å². The van der Waals surface area contributed by atoms with Crippen molar-refractivity contribution in [1.82, 2.24) is 9.80 Å². The molecule has 1 fully saturated rings. The lowest BCUT2D eigenvalue weighted by Crippen LogP contribution is -2.40. The predicted molar refractivity (Wildman–Crippen MR) is 82.7 cm³/mol. The number of carbonyl (C=O) groups excluding carboxylic acids is 1. The molecule has 2 rings (SSSR count). The number of methoxy groups -OCH3 is 2. The van der Waals surface area contributed by atoms with Gasteiger partial charge in [-0.1, -0.05) is 12.1 Å². The molecular formula is C16H24N2O4. The van der Waals surface area contributed by atoms with E-state index in [4.69, 9.17) is 9.47 Å². The first-order valence-corrected chi connectivity index (χ1v) is 7.33. The topological polar surface area (TPSA) is 62.2 Å². The van der Waals surface area contributed by atoms with Crippen LogP contribution in [0.1, 0.15) is 5.56 Å². The number of amides is 1. The van der Waals surface area contributed by atoms with Crippen molar-refractivity contribution in [1.29, 1.82) is 0 Å². The number of likely N-dealkylation sites (tertiary alicyclic amines) is 1. The molecule has 0 aliphatic carbocycles. The quantitative estimate of drug-likeness (QED) is 0.821. The number of benzene rings is 1. The maximum absolute atomic E-state index is 11.8. The number of hydrogen-bond acceptors (Lipinski definition) is 5. The van der Waals surface area contributed by atoms with Crippen LogP contribution < -0.4 is 4.74 Å². The average Bonchev–Trinajstić information content (AvgIpc) is 2.90. The van der Waals surface area contributed by atoms with Crippen molar-refractivity contribution in [2.75, 3.05) is 41.0 Å². The summed E-state index contributed by atoms with van der Waals surface area (Å²) in [5.41, 5.74) is 1.14. The minimum atomic E-state index is -0.538. The van der Waals surface area contributed by atoms with E-state index in [0.717, 1.165) is 11.3 Å². The van der Waals surface area contributed by atoms with Gasteiger partial charge in [-0.15, -0.1) is 0 Å². The van der Waals surface area contributed by atoms with Gasteiger partial charge in [0.05, 0.1) is 19.3 Å². The third-order valence-corrected chi connectivity index (χ3v) is 4.04. The molecule has 2 atom stereocenters. The van der Waals surface area contributed by atoms with Crippen LogP contribution in [0.15, 0.2) is 24.3 Å². The molecule has 1 heterocycles. The van der Waals surface area contributed by atoms with Gasteiger partial charge in [-0.25, -0.2) is 0 Å². The molecule has 0 spiro atoms. The summed E-state index contributed by atoms with van der Waals surface area (Å²) in [4.78, 5) is 15.6. The summed E-state index contributed by atoms with van der Waals surface area (Å²) in [5, 5.41) is 10.2. The van der Waals surface area contributed by atoms with Crippen LogP contribution >= 0.6 is 0 Å². The highest BCUT2D eigenvalue weighted by Crippen LogP contribution is 2.19. The fraction of sp³-hybridized carbons (Fsp3) is 0.562. The summed E-state index contributed by atoms with van der Waals surface area (Å²) in [7, 11) is 5.10. The van der Waals surface area contributed by atoms with E-state index in [1.807, 2.05) is 31.3 Å². The second-order valence-electron chi connectivity index (χ2n) is 5.63. The Bertz CT molecular complexity index is 491. The van der Waals surface area contributed by atoms with Gasteiger partial charge in [0.15, 0.2) is 0 Å². The molecule has 1 aliphatic heterocycles. The Morgan fingerprint density at radius 2 is 2.00 bits per heavy atom. The molecular weight excluding hydrogens is 284 g/mol. The predicted octanol–water partition coefficient (Wildman–Crippen LogP) is 0.345. The summed E-state index contributed by atoms with van der Waals surface area (Å²) < 4.78 is 10.0. The van der Waals surface area contributed by atoms with Crippen molar-refractivity contribution in [2.45, 2.75) is 18.7 Å². The fourth-order valence-corrected chi connectivity index (χ4v) is 2.76. The summed E-state index contributed by atoms with van der Waals surface area (Å²) >= 11 is 0. The minimum Gasteiger partial charge on any atom is -0.497 e. The van der Waals surface area contributed by atoms with Crippen LogP contribution in [-0.2, 0) is 16.1 Å². The summed E-state index contributed by atoms with van der Waals surface area (Å²) in [6.07, 6.45) is -0.538. The molecule has 6 heteroatoms. The second-order valence-corrected chi connectivity index (χ2v) is 5.63. The standard InChI is InChI=1S/C16H24N2O4/c1-17(8-12-4-6-13(22-3)7-5-12)14-9-18(10-15(14)19)16(20)11-21-2/h4-7,14-15,19H,8-11H2,1-3H3/t14-,15-/m1/s1. The van der Waals surface area contributed by atoms with Crippen molar-refractivity contribution < 1.29 is 19.4 Å². The van der Waals surface area contributed by atoms with Crippen LogP contribution in [0.3, 0.4) is 0 Å². The largest absolute Gasteiger partial charge is 0.497 e. The number of β-amino-alcohol motifs (C(OH)–C–C–N with tert-alkyl or cyclic N) is 1. The molecule has 0 bridgehead atoms. The number of nitrogens with zero attached hydrogens (tertiary/aromatic N) is 2. The molecule has 1 aliphatic rings. The molecule has 0 radical (unpaired) electrons. The third kappa shape index (κ3) is 3.97. The number of aliphatic hydroxyl groups is 1. The Balaban J connectivity index is 1.94. The number of carbonyl (C=O) groups is 1. The molecule has 0 unspecified atom stereocenters. The van der Waals surface area contributed by atoms with Crippen molar-refractivity contribution in [3.8, 4) is 5.75 Å². The van der Waals surface area contributed by atoms with Crippen molar-refractivity contribution in [2.24, 2.45) is 0 Å². The van der Waals surface area contributed by atoms with Crippen molar-refractivity contribution >= 4 is 5.91 Å². The SMILES string of the molecule is COCC(=O)N1C[C@@H](O)[C@H](N(C)Cc2ccc(OC)cc2)C1. The Kier molecular flexibility index (Phi) is 5.76. The number of rotatable bonds is 6. The molecule has 6 nitrogen and oxygen atoms in total. The molecule has 122 valence electrons. The first-order chi connectivity index (χ1) is 10.5. The number of likely N-dealkylation sites (N-methyl/N-ethyl adjacent to an activating group) is 1. The number of aliphatic hydroxyl groups excluding tert-OH is 1. The van der Waals surface area contributed by atoms with Gasteiger partial charge >= 0.3 is 0 Å². The van der Waals surface area contributed by atoms with Gasteiger partial charge < -0.3 is 19.5 Å². The van der Waals surface area contributed by atoms with E-state index in [1.165, 1.54) is 7.11 Å². The first-order valence-electron chi connectivity index (χ1n) is 7.33. The van der Waals surface area contributed by atoms with Gasteiger partial charge in [-0.05, 0) is 24.7 Å². The van der Waals surface area contributed by atoms with E-state index in [1.54, 1.807) is 12.0 Å². The van der Waals surface area contributed by atoms with E-state index >= 15 is 0 Å². The molecule has 22 heavy (non-hydrogen) atoms. The van der Waals surface area contributed by atoms with Gasteiger partial charge in [-0.3, -0.25) is 9.69 Å². The monoisotopic (exact) mass is 308 g/mol. The minimum absolute atomic E-state index is 0.0572. The molecule has 1 saturated heterocycles. The lowest BCUT2D eigenvalue weighted by Gasteiger charge is -2.26. The molecule has 0 aromatic heterocycles. The van der Waals surface area contributed by atoms with Gasteiger partial charge in [-0.2, -0.15) is 0 Å². The first kappa shape index (κ1) is 16.7. The zero-order chi connectivity index (χ0) is 16.1. The highest BCUT2D eigenvalue weighted by atomic mass is 16.5. The molecule has 1 amide bonds. The van der Waals surface area contributed by atoms with E-state index in [2.05, 4.69) is 4.90 Å². The van der Waals surface area contributed by atoms with Gasteiger partial charge in [0.2, 0.25) is 5.91 Å². The molecule has 1 N–H and O–H groups in total. The van der Waals surface area contributed by atoms with E-state index < -0.39 is 6.10 Å². The summed E-state index contributed by atoms with van der Waals surface area (Å²) in [5.74, 6) is 0.741. The Labute approximate surface area is 131 Å². The Morgan fingerprint density at radius 1 is 1.32 bits per heavy atom. The Morgan fingerprint density at radius 3 is 2.59 bits per heavy atom. The zero-order valence-corrected chi connectivity index (χ0v) is 13.4. The van der Waals surface area contributed by atoms with Crippen LogP contribution in [0.4, 0.5) is 0 Å². The van der Waals surface area contributed by atoms with Gasteiger partial charge in [0.1, 0.15) is 12.4 Å². The molecule has 0 saturated carbocycles. The van der Waals surface area contributed by atoms with Crippen LogP contribution in [0, 0.1) is 0 Å². The van der Waals surface area contributed by atoms with E-state index in [-0.39, 0.29) is 18.6 Å². The third-order valence-electron chi connectivity index (χ3n) is 4.04. The highest BCUT2D eigenvalue weighted by molar-refractivity contribution is 5.77. The van der Waals surface area contributed by atoms with Gasteiger partial charge in [0, 0.05) is 26.7 Å². The Hall–Kier alpha value is -1.63. The van der Waals surface area contributed by atoms with Crippen molar-refractivity contribution in [3.63, 3.8) is 0 Å². The summed E-state index contributed by atoms with van der Waals surface area (Å²) in [6.45, 7) is 1.65. The normalized spacial score (nSPS) is 21.4. The lowest BCUT2D eigenvalue weighted by atomic mass is 10.1. The maximum Gasteiger partial charge on any atom is 0.248 e. The lowest BCUT2D eigenvalue weighted by molar-refractivity contribution is -0.134. The number of hydrogen-bond donors (Lipinski definition) is 1. The molecule has 1 aromatic carbocycles. The van der Waals surface area contributed by atoms with Crippen LogP contribution in [0.2, 0.25) is 0 Å².